The summed E-state index contributed by atoms with van der Waals surface area (Å²) in [7, 11) is 0. The topological polar surface area (TPSA) is 41.6 Å². The molecule has 0 heterocycles. The lowest BCUT2D eigenvalue weighted by Crippen LogP contribution is -2.42. The smallest absolute Gasteiger partial charge is 0.201 e. The maximum Gasteiger partial charge on any atom is 0.201 e. The van der Waals surface area contributed by atoms with E-state index in [1.165, 1.54) is 11.1 Å². The highest BCUT2D eigenvalue weighted by Crippen LogP contribution is 2.20. The molecule has 2 aromatic carbocycles. The Morgan fingerprint density at radius 2 is 1.67 bits per heavy atom. The molecule has 0 radical (unpaired) electrons. The first-order valence-corrected chi connectivity index (χ1v) is 7.24. The van der Waals surface area contributed by atoms with Crippen molar-refractivity contribution in [2.45, 2.75) is 33.7 Å². The summed E-state index contributed by atoms with van der Waals surface area (Å²) < 4.78 is 0. The van der Waals surface area contributed by atoms with E-state index in [1.807, 2.05) is 35.2 Å². The highest BCUT2D eigenvalue weighted by molar-refractivity contribution is 5.96. The van der Waals surface area contributed by atoms with Crippen LogP contribution in [0.2, 0.25) is 0 Å². The monoisotopic (exact) mass is 281 g/mol. The lowest BCUT2D eigenvalue weighted by Gasteiger charge is -2.28. The Kier molecular flexibility index (Phi) is 4.63. The molecule has 0 bridgehead atoms. The van der Waals surface area contributed by atoms with Gasteiger partial charge in [-0.05, 0) is 57.5 Å². The van der Waals surface area contributed by atoms with Crippen LogP contribution in [0.1, 0.15) is 25.0 Å². The van der Waals surface area contributed by atoms with E-state index in [0.717, 1.165) is 11.4 Å². The highest BCUT2D eigenvalue weighted by atomic mass is 15.3. The van der Waals surface area contributed by atoms with E-state index in [-0.39, 0.29) is 6.04 Å². The van der Waals surface area contributed by atoms with Gasteiger partial charge >= 0.3 is 0 Å². The molecule has 0 fully saturated rings. The molecule has 0 atom stereocenters. The van der Waals surface area contributed by atoms with E-state index in [0.29, 0.717) is 5.96 Å². The van der Waals surface area contributed by atoms with Crippen LogP contribution in [0.15, 0.2) is 53.5 Å². The molecule has 0 saturated carbocycles. The van der Waals surface area contributed by atoms with Gasteiger partial charge in [-0.1, -0.05) is 29.8 Å². The van der Waals surface area contributed by atoms with Gasteiger partial charge < -0.3 is 10.6 Å². The summed E-state index contributed by atoms with van der Waals surface area (Å²) in [6.45, 7) is 8.36. The molecule has 2 aromatic rings. The van der Waals surface area contributed by atoms with E-state index < -0.39 is 0 Å². The van der Waals surface area contributed by atoms with Gasteiger partial charge in [-0.3, -0.25) is 0 Å². The van der Waals surface area contributed by atoms with E-state index in [2.05, 4.69) is 50.9 Å². The number of rotatable bonds is 3. The van der Waals surface area contributed by atoms with E-state index >= 15 is 0 Å². The lowest BCUT2D eigenvalue weighted by atomic mass is 10.2. The fourth-order valence-corrected chi connectivity index (χ4v) is 2.28. The van der Waals surface area contributed by atoms with Gasteiger partial charge in [0.1, 0.15) is 0 Å². The molecule has 0 aromatic heterocycles. The number of hydrogen-bond acceptors (Lipinski definition) is 1. The Bertz CT molecular complexity index is 627. The number of aryl methyl sites for hydroxylation is 2. The van der Waals surface area contributed by atoms with E-state index in [4.69, 9.17) is 5.73 Å². The second-order valence-electron chi connectivity index (χ2n) is 5.61. The van der Waals surface area contributed by atoms with Crippen LogP contribution < -0.4 is 10.6 Å². The van der Waals surface area contributed by atoms with Gasteiger partial charge in [-0.2, -0.15) is 0 Å². The van der Waals surface area contributed by atoms with Gasteiger partial charge in [0.15, 0.2) is 0 Å². The number of guanidine groups is 1. The Morgan fingerprint density at radius 1 is 1.00 bits per heavy atom. The molecule has 0 aliphatic carbocycles. The standard InChI is InChI=1S/C18H23N3/c1-13(2)21(17-7-5-6-15(4)12-17)18(19)20-16-10-8-14(3)9-11-16/h5-13H,1-4H3,(H2,19,20). The quantitative estimate of drug-likeness (QED) is 0.678. The second kappa shape index (κ2) is 6.44. The molecule has 0 amide bonds. The van der Waals surface area contributed by atoms with Crippen LogP contribution in [-0.2, 0) is 0 Å². The first-order valence-electron chi connectivity index (χ1n) is 7.24. The summed E-state index contributed by atoms with van der Waals surface area (Å²) in [5.74, 6) is 0.513. The zero-order valence-corrected chi connectivity index (χ0v) is 13.2. The Balaban J connectivity index is 2.35. The Labute approximate surface area is 127 Å². The normalized spacial score (nSPS) is 11.8. The van der Waals surface area contributed by atoms with Crippen LogP contribution >= 0.6 is 0 Å². The number of hydrogen-bond donors (Lipinski definition) is 1. The molecule has 0 aliphatic heterocycles. The fourth-order valence-electron chi connectivity index (χ4n) is 2.28. The summed E-state index contributed by atoms with van der Waals surface area (Å²) in [6, 6.07) is 16.6. The molecule has 21 heavy (non-hydrogen) atoms. The van der Waals surface area contributed by atoms with Crippen molar-refractivity contribution in [3.63, 3.8) is 0 Å². The SMILES string of the molecule is Cc1ccc(N=C(N)N(c2cccc(C)c2)C(C)C)cc1. The molecular formula is C18H23N3. The van der Waals surface area contributed by atoms with E-state index in [9.17, 15) is 0 Å². The average molecular weight is 281 g/mol. The third-order valence-corrected chi connectivity index (χ3v) is 3.32. The predicted octanol–water partition coefficient (Wildman–Crippen LogP) is 4.16. The summed E-state index contributed by atoms with van der Waals surface area (Å²) in [5, 5.41) is 0. The van der Waals surface area contributed by atoms with Crippen molar-refractivity contribution < 1.29 is 0 Å². The van der Waals surface area contributed by atoms with Crippen molar-refractivity contribution in [1.82, 2.24) is 0 Å². The van der Waals surface area contributed by atoms with Crippen LogP contribution in [0.5, 0.6) is 0 Å². The van der Waals surface area contributed by atoms with E-state index in [1.54, 1.807) is 0 Å². The molecule has 0 aliphatic rings. The van der Waals surface area contributed by atoms with Crippen LogP contribution in [-0.4, -0.2) is 12.0 Å². The third-order valence-electron chi connectivity index (χ3n) is 3.32. The second-order valence-corrected chi connectivity index (χ2v) is 5.61. The minimum absolute atomic E-state index is 0.237. The van der Waals surface area contributed by atoms with Crippen LogP contribution in [0.3, 0.4) is 0 Å². The molecule has 110 valence electrons. The lowest BCUT2D eigenvalue weighted by molar-refractivity contribution is 0.801. The molecule has 0 unspecified atom stereocenters. The summed E-state index contributed by atoms with van der Waals surface area (Å²) in [6.07, 6.45) is 0. The summed E-state index contributed by atoms with van der Waals surface area (Å²) in [5.41, 5.74) is 10.6. The van der Waals surface area contributed by atoms with Gasteiger partial charge in [-0.15, -0.1) is 0 Å². The maximum atomic E-state index is 6.25. The number of nitrogens with two attached hydrogens (primary N) is 1. The highest BCUT2D eigenvalue weighted by Gasteiger charge is 2.14. The Hall–Kier alpha value is -2.29. The third kappa shape index (κ3) is 3.85. The average Bonchev–Trinajstić information content (AvgIpc) is 2.41. The summed E-state index contributed by atoms with van der Waals surface area (Å²) in [4.78, 5) is 6.60. The van der Waals surface area contributed by atoms with Crippen LogP contribution in [0, 0.1) is 13.8 Å². The predicted molar refractivity (Wildman–Crippen MR) is 91.3 cm³/mol. The maximum absolute atomic E-state index is 6.25. The van der Waals surface area contributed by atoms with Gasteiger partial charge in [0.05, 0.1) is 5.69 Å². The largest absolute Gasteiger partial charge is 0.369 e. The van der Waals surface area contributed by atoms with Crippen molar-refractivity contribution in [1.29, 1.82) is 0 Å². The molecule has 3 nitrogen and oxygen atoms in total. The first-order chi connectivity index (χ1) is 9.97. The fraction of sp³-hybridized carbons (Fsp3) is 0.278. The Morgan fingerprint density at radius 3 is 2.24 bits per heavy atom. The zero-order valence-electron chi connectivity index (χ0n) is 13.2. The molecule has 2 N–H and O–H groups in total. The molecule has 0 spiro atoms. The number of aliphatic imine (C=N–C) groups is 1. The molecule has 0 saturated heterocycles. The van der Waals surface area contributed by atoms with Crippen molar-refractivity contribution >= 4 is 17.3 Å². The van der Waals surface area contributed by atoms with Gasteiger partial charge in [0.25, 0.3) is 0 Å². The van der Waals surface area contributed by atoms with Crippen molar-refractivity contribution in [2.75, 3.05) is 4.90 Å². The molecular weight excluding hydrogens is 258 g/mol. The van der Waals surface area contributed by atoms with Crippen molar-refractivity contribution in [2.24, 2.45) is 10.7 Å². The summed E-state index contributed by atoms with van der Waals surface area (Å²) >= 11 is 0. The number of benzene rings is 2. The minimum Gasteiger partial charge on any atom is -0.369 e. The molecule has 2 rings (SSSR count). The van der Waals surface area contributed by atoms with Gasteiger partial charge in [0.2, 0.25) is 5.96 Å². The van der Waals surface area contributed by atoms with Crippen LogP contribution in [0.4, 0.5) is 11.4 Å². The van der Waals surface area contributed by atoms with Gasteiger partial charge in [-0.25, -0.2) is 4.99 Å². The minimum atomic E-state index is 0.237. The zero-order chi connectivity index (χ0) is 15.4. The van der Waals surface area contributed by atoms with Gasteiger partial charge in [0, 0.05) is 11.7 Å². The first kappa shape index (κ1) is 15.1. The number of nitrogens with zero attached hydrogens (tertiary/aromatic N) is 2. The molecule has 3 heteroatoms. The van der Waals surface area contributed by atoms with Crippen LogP contribution in [0.25, 0.3) is 0 Å². The van der Waals surface area contributed by atoms with Crippen molar-refractivity contribution in [3.8, 4) is 0 Å². The van der Waals surface area contributed by atoms with Crippen molar-refractivity contribution in [3.05, 3.63) is 59.7 Å². The number of anilines is 1.